The van der Waals surface area contributed by atoms with Gasteiger partial charge in [-0.1, -0.05) is 0 Å². The first-order valence-electron chi connectivity index (χ1n) is 7.20. The summed E-state index contributed by atoms with van der Waals surface area (Å²) in [6, 6.07) is -0.0590. The monoisotopic (exact) mass is 303 g/mol. The number of methoxy groups -OCH3 is 2. The van der Waals surface area contributed by atoms with Crippen molar-refractivity contribution in [1.29, 1.82) is 0 Å². The van der Waals surface area contributed by atoms with Gasteiger partial charge in [0.15, 0.2) is 0 Å². The number of hydrogen-bond acceptors (Lipinski definition) is 5. The normalized spacial score (nSPS) is 12.9. The van der Waals surface area contributed by atoms with Gasteiger partial charge in [-0.05, 0) is 27.7 Å². The highest BCUT2D eigenvalue weighted by Crippen LogP contribution is 2.11. The van der Waals surface area contributed by atoms with Gasteiger partial charge in [0.1, 0.15) is 5.60 Å². The van der Waals surface area contributed by atoms with Crippen molar-refractivity contribution in [1.82, 2.24) is 4.90 Å². The average molecular weight is 303 g/mol. The molecule has 0 bridgehead atoms. The highest BCUT2D eigenvalue weighted by Gasteiger charge is 2.22. The third-order valence-corrected chi connectivity index (χ3v) is 2.76. The van der Waals surface area contributed by atoms with Crippen molar-refractivity contribution in [3.05, 3.63) is 0 Å². The second-order valence-electron chi connectivity index (χ2n) is 5.97. The van der Waals surface area contributed by atoms with Crippen LogP contribution in [0.25, 0.3) is 0 Å². The van der Waals surface area contributed by atoms with Crippen LogP contribution in [0.5, 0.6) is 0 Å². The maximum Gasteiger partial charge on any atom is 0.306 e. The Morgan fingerprint density at radius 2 is 1.71 bits per heavy atom. The highest BCUT2D eigenvalue weighted by atomic mass is 16.6. The summed E-state index contributed by atoms with van der Waals surface area (Å²) in [5.74, 6) is -0.454. The van der Waals surface area contributed by atoms with Gasteiger partial charge in [0, 0.05) is 27.2 Å². The Labute approximate surface area is 127 Å². The van der Waals surface area contributed by atoms with Gasteiger partial charge in [-0.25, -0.2) is 0 Å². The van der Waals surface area contributed by atoms with Gasteiger partial charge in [-0.3, -0.25) is 9.59 Å². The topological polar surface area (TPSA) is 65.1 Å². The molecule has 1 amide bonds. The van der Waals surface area contributed by atoms with Crippen LogP contribution in [0.2, 0.25) is 0 Å². The Kier molecular flexibility index (Phi) is 9.21. The molecule has 0 aromatic heterocycles. The van der Waals surface area contributed by atoms with Crippen molar-refractivity contribution in [3.8, 4) is 0 Å². The van der Waals surface area contributed by atoms with E-state index in [4.69, 9.17) is 14.2 Å². The first kappa shape index (κ1) is 19.9. The fourth-order valence-electron chi connectivity index (χ4n) is 1.86. The molecule has 0 aliphatic carbocycles. The molecule has 0 aromatic rings. The Balaban J connectivity index is 4.42. The lowest BCUT2D eigenvalue weighted by Crippen LogP contribution is -2.43. The zero-order valence-corrected chi connectivity index (χ0v) is 14.1. The van der Waals surface area contributed by atoms with Crippen molar-refractivity contribution in [3.63, 3.8) is 0 Å². The van der Waals surface area contributed by atoms with E-state index in [-0.39, 0.29) is 30.8 Å². The molecule has 1 unspecified atom stereocenters. The summed E-state index contributed by atoms with van der Waals surface area (Å²) >= 11 is 0. The maximum atomic E-state index is 12.2. The molecule has 6 nitrogen and oxygen atoms in total. The van der Waals surface area contributed by atoms with Gasteiger partial charge < -0.3 is 19.1 Å². The van der Waals surface area contributed by atoms with Crippen LogP contribution in [0.1, 0.15) is 40.5 Å². The lowest BCUT2D eigenvalue weighted by molar-refractivity contribution is -0.156. The number of ether oxygens (including phenoxy) is 3. The molecule has 0 saturated carbocycles. The zero-order valence-electron chi connectivity index (χ0n) is 14.1. The molecule has 0 N–H and O–H groups in total. The number of nitrogens with zero attached hydrogens (tertiary/aromatic N) is 1. The van der Waals surface area contributed by atoms with E-state index in [0.717, 1.165) is 0 Å². The Morgan fingerprint density at radius 1 is 1.10 bits per heavy atom. The van der Waals surface area contributed by atoms with Gasteiger partial charge in [0.05, 0.1) is 25.7 Å². The van der Waals surface area contributed by atoms with Crippen LogP contribution in [-0.4, -0.2) is 62.4 Å². The minimum absolute atomic E-state index is 0.0590. The van der Waals surface area contributed by atoms with Crippen molar-refractivity contribution in [2.45, 2.75) is 52.2 Å². The predicted molar refractivity (Wildman–Crippen MR) is 80.0 cm³/mol. The molecular weight excluding hydrogens is 274 g/mol. The second-order valence-corrected chi connectivity index (χ2v) is 5.97. The number of hydrogen-bond donors (Lipinski definition) is 0. The number of carbonyl (C=O) groups excluding carboxylic acids is 2. The molecular formula is C15H29NO5. The van der Waals surface area contributed by atoms with E-state index < -0.39 is 5.60 Å². The summed E-state index contributed by atoms with van der Waals surface area (Å²) in [5.41, 5.74) is -0.529. The SMILES string of the molecule is COCCN(C(=O)CCC(=O)OC(C)(C)C)C(C)COC. The summed E-state index contributed by atoms with van der Waals surface area (Å²) in [6.07, 6.45) is 0.214. The van der Waals surface area contributed by atoms with Gasteiger partial charge in [-0.2, -0.15) is 0 Å². The van der Waals surface area contributed by atoms with Gasteiger partial charge in [0.25, 0.3) is 0 Å². The maximum absolute atomic E-state index is 12.2. The van der Waals surface area contributed by atoms with E-state index in [9.17, 15) is 9.59 Å². The molecule has 0 saturated heterocycles. The summed E-state index contributed by atoms with van der Waals surface area (Å²) in [4.78, 5) is 25.6. The van der Waals surface area contributed by atoms with Crippen molar-refractivity contribution in [2.75, 3.05) is 34.0 Å². The fourth-order valence-corrected chi connectivity index (χ4v) is 1.86. The van der Waals surface area contributed by atoms with Crippen LogP contribution < -0.4 is 0 Å². The minimum Gasteiger partial charge on any atom is -0.460 e. The molecule has 0 fully saturated rings. The van der Waals surface area contributed by atoms with Crippen LogP contribution in [-0.2, 0) is 23.8 Å². The Bertz CT molecular complexity index is 325. The Morgan fingerprint density at radius 3 is 2.19 bits per heavy atom. The zero-order chi connectivity index (χ0) is 16.5. The molecule has 0 rings (SSSR count). The number of esters is 1. The molecule has 0 spiro atoms. The quantitative estimate of drug-likeness (QED) is 0.606. The van der Waals surface area contributed by atoms with Crippen LogP contribution in [0, 0.1) is 0 Å². The van der Waals surface area contributed by atoms with Crippen LogP contribution >= 0.6 is 0 Å². The predicted octanol–water partition coefficient (Wildman–Crippen LogP) is 1.62. The molecule has 21 heavy (non-hydrogen) atoms. The van der Waals surface area contributed by atoms with Crippen molar-refractivity contribution >= 4 is 11.9 Å². The van der Waals surface area contributed by atoms with E-state index in [0.29, 0.717) is 19.8 Å². The van der Waals surface area contributed by atoms with Gasteiger partial charge in [-0.15, -0.1) is 0 Å². The molecule has 0 aromatic carbocycles. The third-order valence-electron chi connectivity index (χ3n) is 2.76. The number of amides is 1. The summed E-state index contributed by atoms with van der Waals surface area (Å²) in [5, 5.41) is 0. The van der Waals surface area contributed by atoms with E-state index >= 15 is 0 Å². The van der Waals surface area contributed by atoms with Crippen molar-refractivity contribution in [2.24, 2.45) is 0 Å². The van der Waals surface area contributed by atoms with Gasteiger partial charge in [0.2, 0.25) is 5.91 Å². The average Bonchev–Trinajstić information content (AvgIpc) is 2.35. The lowest BCUT2D eigenvalue weighted by atomic mass is 10.2. The minimum atomic E-state index is -0.529. The molecule has 0 heterocycles. The van der Waals surface area contributed by atoms with E-state index in [1.54, 1.807) is 39.9 Å². The fraction of sp³-hybridized carbons (Fsp3) is 0.867. The molecule has 0 aliphatic rings. The summed E-state index contributed by atoms with van der Waals surface area (Å²) in [6.45, 7) is 8.70. The standard InChI is InChI=1S/C15H29NO5/c1-12(11-20-6)16(9-10-19-5)13(17)7-8-14(18)21-15(2,3)4/h12H,7-11H2,1-6H3. The van der Waals surface area contributed by atoms with Crippen LogP contribution in [0.3, 0.4) is 0 Å². The third kappa shape index (κ3) is 9.42. The summed E-state index contributed by atoms with van der Waals surface area (Å²) < 4.78 is 15.3. The molecule has 0 aliphatic heterocycles. The number of rotatable bonds is 9. The lowest BCUT2D eigenvalue weighted by Gasteiger charge is -2.29. The van der Waals surface area contributed by atoms with Gasteiger partial charge >= 0.3 is 5.97 Å². The van der Waals surface area contributed by atoms with E-state index in [1.165, 1.54) is 0 Å². The van der Waals surface area contributed by atoms with E-state index in [1.807, 2.05) is 6.92 Å². The number of carbonyl (C=O) groups is 2. The summed E-state index contributed by atoms with van der Waals surface area (Å²) in [7, 11) is 3.18. The van der Waals surface area contributed by atoms with Crippen LogP contribution in [0.15, 0.2) is 0 Å². The second kappa shape index (κ2) is 9.73. The highest BCUT2D eigenvalue weighted by molar-refractivity contribution is 5.81. The smallest absolute Gasteiger partial charge is 0.306 e. The van der Waals surface area contributed by atoms with Crippen LogP contribution in [0.4, 0.5) is 0 Å². The van der Waals surface area contributed by atoms with E-state index in [2.05, 4.69) is 0 Å². The van der Waals surface area contributed by atoms with Crippen molar-refractivity contribution < 1.29 is 23.8 Å². The molecule has 6 heteroatoms. The Hall–Kier alpha value is -1.14. The first-order valence-corrected chi connectivity index (χ1v) is 7.20. The first-order chi connectivity index (χ1) is 9.71. The molecule has 0 radical (unpaired) electrons. The largest absolute Gasteiger partial charge is 0.460 e. The molecule has 1 atom stereocenters. The molecule has 124 valence electrons.